The third-order valence-corrected chi connectivity index (χ3v) is 4.53. The summed E-state index contributed by atoms with van der Waals surface area (Å²) in [5, 5.41) is 0.304. The topological polar surface area (TPSA) is 65.0 Å². The molecule has 0 N–H and O–H groups in total. The maximum absolute atomic E-state index is 13.0. The van der Waals surface area contributed by atoms with E-state index in [9.17, 15) is 14.0 Å². The first-order chi connectivity index (χ1) is 14.5. The van der Waals surface area contributed by atoms with Crippen LogP contribution in [0.25, 0.3) is 6.08 Å². The van der Waals surface area contributed by atoms with Crippen molar-refractivity contribution in [1.82, 2.24) is 0 Å². The third-order valence-electron chi connectivity index (χ3n) is 4.20. The number of halogens is 2. The van der Waals surface area contributed by atoms with Crippen molar-refractivity contribution in [1.29, 1.82) is 0 Å². The van der Waals surface area contributed by atoms with Gasteiger partial charge < -0.3 is 9.47 Å². The van der Waals surface area contributed by atoms with Crippen LogP contribution in [0.4, 0.5) is 4.39 Å². The van der Waals surface area contributed by atoms with Crippen molar-refractivity contribution in [3.05, 3.63) is 106 Å². The van der Waals surface area contributed by atoms with Crippen LogP contribution in [0.3, 0.4) is 0 Å². The molecule has 7 heteroatoms. The Balaban J connectivity index is 1.49. The zero-order chi connectivity index (χ0) is 21.1. The number of rotatable bonds is 4. The number of hydrogen-bond acceptors (Lipinski definition) is 5. The highest BCUT2D eigenvalue weighted by atomic mass is 35.5. The van der Waals surface area contributed by atoms with Crippen LogP contribution in [0.5, 0.6) is 5.75 Å². The van der Waals surface area contributed by atoms with Crippen LogP contribution < -0.4 is 4.74 Å². The van der Waals surface area contributed by atoms with Gasteiger partial charge in [0.2, 0.25) is 5.90 Å². The molecule has 3 aromatic carbocycles. The van der Waals surface area contributed by atoms with Crippen LogP contribution >= 0.6 is 11.6 Å². The zero-order valence-electron chi connectivity index (χ0n) is 15.3. The number of hydrogen-bond donors (Lipinski definition) is 0. The van der Waals surface area contributed by atoms with E-state index in [1.165, 1.54) is 24.3 Å². The van der Waals surface area contributed by atoms with Crippen molar-refractivity contribution in [3.8, 4) is 5.75 Å². The fourth-order valence-corrected chi connectivity index (χ4v) is 2.92. The number of esters is 2. The summed E-state index contributed by atoms with van der Waals surface area (Å²) in [6.45, 7) is 0. The van der Waals surface area contributed by atoms with Crippen molar-refractivity contribution >= 4 is 35.5 Å². The van der Waals surface area contributed by atoms with Gasteiger partial charge >= 0.3 is 11.9 Å². The largest absolute Gasteiger partial charge is 0.423 e. The molecule has 1 heterocycles. The third kappa shape index (κ3) is 4.29. The van der Waals surface area contributed by atoms with E-state index in [4.69, 9.17) is 21.1 Å². The summed E-state index contributed by atoms with van der Waals surface area (Å²) < 4.78 is 23.5. The molecule has 0 spiro atoms. The van der Waals surface area contributed by atoms with Gasteiger partial charge in [-0.2, -0.15) is 0 Å². The predicted molar refractivity (Wildman–Crippen MR) is 110 cm³/mol. The van der Waals surface area contributed by atoms with Crippen LogP contribution in [0, 0.1) is 5.82 Å². The van der Waals surface area contributed by atoms with Gasteiger partial charge in [-0.25, -0.2) is 19.0 Å². The molecule has 1 aliphatic heterocycles. The quantitative estimate of drug-likeness (QED) is 0.336. The lowest BCUT2D eigenvalue weighted by Crippen LogP contribution is -2.08. The Morgan fingerprint density at radius 2 is 1.70 bits per heavy atom. The van der Waals surface area contributed by atoms with E-state index >= 15 is 0 Å². The van der Waals surface area contributed by atoms with Crippen LogP contribution in [0.1, 0.15) is 21.5 Å². The van der Waals surface area contributed by atoms with Gasteiger partial charge in [-0.15, -0.1) is 0 Å². The lowest BCUT2D eigenvalue weighted by Gasteiger charge is -2.06. The molecule has 0 unspecified atom stereocenters. The molecule has 0 bridgehead atoms. The number of ether oxygens (including phenoxy) is 2. The first-order valence-corrected chi connectivity index (χ1v) is 9.23. The molecule has 0 atom stereocenters. The monoisotopic (exact) mass is 421 g/mol. The van der Waals surface area contributed by atoms with Gasteiger partial charge in [-0.05, 0) is 60.2 Å². The van der Waals surface area contributed by atoms with E-state index in [0.717, 1.165) is 0 Å². The van der Waals surface area contributed by atoms with Gasteiger partial charge in [-0.3, -0.25) is 0 Å². The van der Waals surface area contributed by atoms with Gasteiger partial charge in [0.15, 0.2) is 5.70 Å². The maximum Gasteiger partial charge on any atom is 0.363 e. The molecule has 3 aromatic rings. The Morgan fingerprint density at radius 3 is 2.40 bits per heavy atom. The van der Waals surface area contributed by atoms with Crippen LogP contribution in [-0.2, 0) is 9.53 Å². The van der Waals surface area contributed by atoms with Crippen molar-refractivity contribution < 1.29 is 23.5 Å². The summed E-state index contributed by atoms with van der Waals surface area (Å²) in [6, 6.07) is 18.6. The summed E-state index contributed by atoms with van der Waals surface area (Å²) in [7, 11) is 0. The highest BCUT2D eigenvalue weighted by Gasteiger charge is 2.24. The summed E-state index contributed by atoms with van der Waals surface area (Å²) in [6.07, 6.45) is 1.54. The second-order valence-corrected chi connectivity index (χ2v) is 6.69. The Bertz CT molecular complexity index is 1180. The molecule has 30 heavy (non-hydrogen) atoms. The van der Waals surface area contributed by atoms with Crippen LogP contribution in [0.15, 0.2) is 83.5 Å². The van der Waals surface area contributed by atoms with Gasteiger partial charge in [0.1, 0.15) is 11.6 Å². The maximum atomic E-state index is 13.0. The number of carbonyl (C=O) groups is 2. The number of benzene rings is 3. The summed E-state index contributed by atoms with van der Waals surface area (Å²) in [5.41, 5.74) is 1.52. The SMILES string of the molecule is O=C1OC(c2ccc(F)cc2)=N/C1=C/c1ccc(OC(=O)c2ccccc2Cl)cc1. The lowest BCUT2D eigenvalue weighted by atomic mass is 10.2. The van der Waals surface area contributed by atoms with E-state index in [-0.39, 0.29) is 17.2 Å². The van der Waals surface area contributed by atoms with Crippen LogP contribution in [0.2, 0.25) is 5.02 Å². The van der Waals surface area contributed by atoms with E-state index < -0.39 is 17.8 Å². The Morgan fingerprint density at radius 1 is 1.00 bits per heavy atom. The standard InChI is InChI=1S/C23H13ClFNO4/c24-19-4-2-1-3-18(19)22(27)29-17-11-5-14(6-12-17)13-20-23(28)30-21(26-20)15-7-9-16(25)10-8-15/h1-13H/b20-13+. The average Bonchev–Trinajstić information content (AvgIpc) is 3.10. The predicted octanol–water partition coefficient (Wildman–Crippen LogP) is 5.04. The van der Waals surface area contributed by atoms with Gasteiger partial charge in [0, 0.05) is 5.56 Å². The fraction of sp³-hybridized carbons (Fsp3) is 0. The zero-order valence-corrected chi connectivity index (χ0v) is 16.1. The molecular formula is C23H13ClFNO4. The minimum absolute atomic E-state index is 0.107. The molecule has 0 fully saturated rings. The Hall–Kier alpha value is -3.77. The summed E-state index contributed by atoms with van der Waals surface area (Å²) in [4.78, 5) is 28.4. The molecule has 148 valence electrons. The van der Waals surface area contributed by atoms with Crippen molar-refractivity contribution in [3.63, 3.8) is 0 Å². The first-order valence-electron chi connectivity index (χ1n) is 8.85. The Labute approximate surface area is 176 Å². The second kappa shape index (κ2) is 8.31. The summed E-state index contributed by atoms with van der Waals surface area (Å²) >= 11 is 6.00. The van der Waals surface area contributed by atoms with E-state index in [0.29, 0.717) is 21.9 Å². The fourth-order valence-electron chi connectivity index (χ4n) is 2.70. The highest BCUT2D eigenvalue weighted by molar-refractivity contribution is 6.33. The molecule has 0 aromatic heterocycles. The summed E-state index contributed by atoms with van der Waals surface area (Å²) in [5.74, 6) is -1.14. The van der Waals surface area contributed by atoms with Gasteiger partial charge in [0.05, 0.1) is 10.6 Å². The Kier molecular flexibility index (Phi) is 5.41. The minimum atomic E-state index is -0.608. The van der Waals surface area contributed by atoms with E-state index in [2.05, 4.69) is 4.99 Å². The molecular weight excluding hydrogens is 409 g/mol. The van der Waals surface area contributed by atoms with Gasteiger partial charge in [0.25, 0.3) is 0 Å². The van der Waals surface area contributed by atoms with Crippen molar-refractivity contribution in [2.24, 2.45) is 4.99 Å². The average molecular weight is 422 g/mol. The molecule has 0 saturated carbocycles. The number of aliphatic imine (C=N–C) groups is 1. The first kappa shape index (κ1) is 19.5. The van der Waals surface area contributed by atoms with Crippen LogP contribution in [-0.4, -0.2) is 17.8 Å². The van der Waals surface area contributed by atoms with Crippen molar-refractivity contribution in [2.75, 3.05) is 0 Å². The molecule has 1 aliphatic rings. The number of cyclic esters (lactones) is 1. The minimum Gasteiger partial charge on any atom is -0.423 e. The van der Waals surface area contributed by atoms with E-state index in [1.807, 2.05) is 0 Å². The van der Waals surface area contributed by atoms with Crippen molar-refractivity contribution in [2.45, 2.75) is 0 Å². The molecule has 4 rings (SSSR count). The van der Waals surface area contributed by atoms with E-state index in [1.54, 1.807) is 54.6 Å². The normalized spacial score (nSPS) is 14.4. The lowest BCUT2D eigenvalue weighted by molar-refractivity contribution is -0.129. The molecule has 0 aliphatic carbocycles. The number of carbonyl (C=O) groups excluding carboxylic acids is 2. The van der Waals surface area contributed by atoms with Gasteiger partial charge in [-0.1, -0.05) is 35.9 Å². The molecule has 0 radical (unpaired) electrons. The molecule has 0 amide bonds. The second-order valence-electron chi connectivity index (χ2n) is 6.28. The molecule has 5 nitrogen and oxygen atoms in total. The molecule has 0 saturated heterocycles. The smallest absolute Gasteiger partial charge is 0.363 e. The highest BCUT2D eigenvalue weighted by Crippen LogP contribution is 2.22. The number of nitrogens with zero attached hydrogens (tertiary/aromatic N) is 1.